The van der Waals surface area contributed by atoms with E-state index in [0.717, 1.165) is 36.1 Å². The first-order valence-corrected chi connectivity index (χ1v) is 10.2. The summed E-state index contributed by atoms with van der Waals surface area (Å²) >= 11 is 1.47. The summed E-state index contributed by atoms with van der Waals surface area (Å²) in [7, 11) is 2.94. The van der Waals surface area contributed by atoms with Gasteiger partial charge in [-0.3, -0.25) is 4.79 Å². The molecule has 0 saturated carbocycles. The third-order valence-corrected chi connectivity index (χ3v) is 5.99. The van der Waals surface area contributed by atoms with Gasteiger partial charge in [0.2, 0.25) is 0 Å². The zero-order chi connectivity index (χ0) is 20.1. The summed E-state index contributed by atoms with van der Waals surface area (Å²) in [6.45, 7) is 1.88. The molecular weight excluding hydrogens is 378 g/mol. The molecule has 28 heavy (non-hydrogen) atoms. The van der Waals surface area contributed by atoms with Gasteiger partial charge in [0.25, 0.3) is 5.91 Å². The normalized spacial score (nSPS) is 14.0. The van der Waals surface area contributed by atoms with Gasteiger partial charge in [-0.2, -0.15) is 0 Å². The van der Waals surface area contributed by atoms with Crippen molar-refractivity contribution in [3.05, 3.63) is 40.3 Å². The monoisotopic (exact) mass is 403 g/mol. The van der Waals surface area contributed by atoms with E-state index in [4.69, 9.17) is 14.2 Å². The van der Waals surface area contributed by atoms with E-state index in [0.29, 0.717) is 28.5 Å². The lowest BCUT2D eigenvalue weighted by molar-refractivity contribution is -0.122. The number of rotatable bonds is 7. The van der Waals surface area contributed by atoms with Crippen molar-refractivity contribution in [3.8, 4) is 11.5 Å². The maximum atomic E-state index is 12.9. The topological polar surface area (TPSA) is 73.9 Å². The molecule has 0 aliphatic heterocycles. The van der Waals surface area contributed by atoms with Crippen LogP contribution >= 0.6 is 11.3 Å². The zero-order valence-electron chi connectivity index (χ0n) is 16.4. The molecular formula is C21H25NO5S. The molecule has 1 aromatic carbocycles. The van der Waals surface area contributed by atoms with Crippen LogP contribution in [0.15, 0.2) is 24.3 Å². The first-order chi connectivity index (χ1) is 13.6. The number of esters is 1. The van der Waals surface area contributed by atoms with Crippen molar-refractivity contribution in [2.24, 2.45) is 0 Å². The molecule has 1 amide bonds. The van der Waals surface area contributed by atoms with Crippen molar-refractivity contribution in [1.82, 2.24) is 0 Å². The van der Waals surface area contributed by atoms with Gasteiger partial charge < -0.3 is 19.5 Å². The average Bonchev–Trinajstić information content (AvgIpc) is 3.09. The molecule has 1 heterocycles. The van der Waals surface area contributed by atoms with Gasteiger partial charge in [0.15, 0.2) is 6.10 Å². The Hall–Kier alpha value is -2.54. The lowest BCUT2D eigenvalue weighted by Gasteiger charge is -2.17. The lowest BCUT2D eigenvalue weighted by atomic mass is 9.95. The predicted octanol–water partition coefficient (Wildman–Crippen LogP) is 4.22. The van der Waals surface area contributed by atoms with Crippen molar-refractivity contribution in [2.75, 3.05) is 19.5 Å². The van der Waals surface area contributed by atoms with E-state index in [1.807, 2.05) is 19.1 Å². The van der Waals surface area contributed by atoms with Gasteiger partial charge in [-0.05, 0) is 49.8 Å². The van der Waals surface area contributed by atoms with Gasteiger partial charge in [0.1, 0.15) is 16.5 Å². The van der Waals surface area contributed by atoms with Crippen LogP contribution in [0.2, 0.25) is 0 Å². The predicted molar refractivity (Wildman–Crippen MR) is 109 cm³/mol. The number of anilines is 1. The van der Waals surface area contributed by atoms with Crippen LogP contribution in [0.3, 0.4) is 0 Å². The van der Waals surface area contributed by atoms with Gasteiger partial charge in [-0.15, -0.1) is 11.3 Å². The number of carbonyl (C=O) groups excluding carboxylic acids is 2. The largest absolute Gasteiger partial charge is 0.497 e. The summed E-state index contributed by atoms with van der Waals surface area (Å²) in [6.07, 6.45) is 3.70. The Kier molecular flexibility index (Phi) is 6.57. The third-order valence-electron chi connectivity index (χ3n) is 4.78. The van der Waals surface area contributed by atoms with Crippen LogP contribution in [-0.2, 0) is 22.4 Å². The Bertz CT molecular complexity index is 860. The summed E-state index contributed by atoms with van der Waals surface area (Å²) in [5, 5.41) is 3.46. The van der Waals surface area contributed by atoms with Crippen LogP contribution in [-0.4, -0.2) is 32.2 Å². The van der Waals surface area contributed by atoms with Crippen molar-refractivity contribution in [3.63, 3.8) is 0 Å². The van der Waals surface area contributed by atoms with Gasteiger partial charge in [0.05, 0.1) is 19.8 Å². The van der Waals surface area contributed by atoms with E-state index >= 15 is 0 Å². The molecule has 2 aromatic rings. The SMILES string of the molecule is CC[C@H](Oc1cccc(OC)c1)C(=O)Nc1sc2c(c1C(=O)OC)CCCC2. The van der Waals surface area contributed by atoms with Crippen molar-refractivity contribution in [1.29, 1.82) is 0 Å². The minimum Gasteiger partial charge on any atom is -0.497 e. The molecule has 3 rings (SSSR count). The van der Waals surface area contributed by atoms with E-state index in [2.05, 4.69) is 5.32 Å². The average molecular weight is 404 g/mol. The van der Waals surface area contributed by atoms with Crippen LogP contribution < -0.4 is 14.8 Å². The first-order valence-electron chi connectivity index (χ1n) is 9.41. The molecule has 0 saturated heterocycles. The number of benzene rings is 1. The minimum atomic E-state index is -0.684. The molecule has 6 nitrogen and oxygen atoms in total. The minimum absolute atomic E-state index is 0.283. The van der Waals surface area contributed by atoms with E-state index in [9.17, 15) is 9.59 Å². The number of thiophene rings is 1. The van der Waals surface area contributed by atoms with Crippen molar-refractivity contribution >= 4 is 28.2 Å². The molecule has 0 radical (unpaired) electrons. The number of methoxy groups -OCH3 is 2. The Morgan fingerprint density at radius 3 is 2.64 bits per heavy atom. The third kappa shape index (κ3) is 4.30. The number of amides is 1. The lowest BCUT2D eigenvalue weighted by Crippen LogP contribution is -2.32. The van der Waals surface area contributed by atoms with Crippen LogP contribution in [0.4, 0.5) is 5.00 Å². The number of aryl methyl sites for hydroxylation is 1. The zero-order valence-corrected chi connectivity index (χ0v) is 17.2. The Morgan fingerprint density at radius 1 is 1.18 bits per heavy atom. The quantitative estimate of drug-likeness (QED) is 0.701. The van der Waals surface area contributed by atoms with Gasteiger partial charge in [-0.1, -0.05) is 13.0 Å². The highest BCUT2D eigenvalue weighted by molar-refractivity contribution is 7.17. The molecule has 1 N–H and O–H groups in total. The van der Waals surface area contributed by atoms with Crippen LogP contribution in [0, 0.1) is 0 Å². The molecule has 1 aliphatic rings. The summed E-state index contributed by atoms with van der Waals surface area (Å²) < 4.78 is 16.0. The van der Waals surface area contributed by atoms with Crippen LogP contribution in [0.1, 0.15) is 47.0 Å². The standard InChI is InChI=1S/C21H25NO5S/c1-4-16(27-14-9-7-8-13(12-14)25-2)19(23)22-20-18(21(24)26-3)15-10-5-6-11-17(15)28-20/h7-9,12,16H,4-6,10-11H2,1-3H3,(H,22,23)/t16-/m0/s1. The second kappa shape index (κ2) is 9.10. The highest BCUT2D eigenvalue weighted by Gasteiger charge is 2.28. The van der Waals surface area contributed by atoms with E-state index in [1.54, 1.807) is 19.2 Å². The summed E-state index contributed by atoms with van der Waals surface area (Å²) in [4.78, 5) is 26.4. The number of hydrogen-bond acceptors (Lipinski definition) is 6. The van der Waals surface area contributed by atoms with Crippen molar-refractivity contribution in [2.45, 2.75) is 45.1 Å². The van der Waals surface area contributed by atoms with Crippen LogP contribution in [0.25, 0.3) is 0 Å². The fourth-order valence-electron chi connectivity index (χ4n) is 3.33. The van der Waals surface area contributed by atoms with Crippen molar-refractivity contribution < 1.29 is 23.8 Å². The summed E-state index contributed by atoms with van der Waals surface area (Å²) in [5.41, 5.74) is 1.51. The smallest absolute Gasteiger partial charge is 0.341 e. The fraction of sp³-hybridized carbons (Fsp3) is 0.429. The molecule has 0 unspecified atom stereocenters. The second-order valence-corrected chi connectivity index (χ2v) is 7.69. The van der Waals surface area contributed by atoms with E-state index in [1.165, 1.54) is 18.4 Å². The number of carbonyl (C=O) groups is 2. The van der Waals surface area contributed by atoms with Gasteiger partial charge in [0, 0.05) is 10.9 Å². The van der Waals surface area contributed by atoms with Crippen LogP contribution in [0.5, 0.6) is 11.5 Å². The number of nitrogens with one attached hydrogen (secondary N) is 1. The fourth-order valence-corrected chi connectivity index (χ4v) is 4.61. The Morgan fingerprint density at radius 2 is 1.93 bits per heavy atom. The Labute approximate surface area is 168 Å². The maximum absolute atomic E-state index is 12.9. The molecule has 150 valence electrons. The molecule has 1 aliphatic carbocycles. The summed E-state index contributed by atoms with van der Waals surface area (Å²) in [5.74, 6) is 0.525. The first kappa shape index (κ1) is 20.2. The number of ether oxygens (including phenoxy) is 3. The molecule has 0 fully saturated rings. The highest BCUT2D eigenvalue weighted by Crippen LogP contribution is 2.38. The van der Waals surface area contributed by atoms with E-state index < -0.39 is 12.1 Å². The number of fused-ring (bicyclic) bond motifs is 1. The van der Waals surface area contributed by atoms with Gasteiger partial charge in [-0.25, -0.2) is 4.79 Å². The second-order valence-electron chi connectivity index (χ2n) is 6.59. The molecule has 0 spiro atoms. The Balaban J connectivity index is 1.80. The molecule has 0 bridgehead atoms. The van der Waals surface area contributed by atoms with Gasteiger partial charge >= 0.3 is 5.97 Å². The molecule has 7 heteroatoms. The molecule has 1 atom stereocenters. The summed E-state index contributed by atoms with van der Waals surface area (Å²) in [6, 6.07) is 7.13. The number of hydrogen-bond donors (Lipinski definition) is 1. The maximum Gasteiger partial charge on any atom is 0.341 e. The van der Waals surface area contributed by atoms with E-state index in [-0.39, 0.29) is 5.91 Å². The molecule has 1 aromatic heterocycles. The highest BCUT2D eigenvalue weighted by atomic mass is 32.1.